The normalized spacial score (nSPS) is 17.5. The quantitative estimate of drug-likeness (QED) is 0.678. The van der Waals surface area contributed by atoms with Crippen molar-refractivity contribution in [2.24, 2.45) is 5.73 Å². The van der Waals surface area contributed by atoms with Crippen molar-refractivity contribution in [3.8, 4) is 11.3 Å². The Morgan fingerprint density at radius 2 is 2.29 bits per heavy atom. The third-order valence-corrected chi connectivity index (χ3v) is 4.10. The van der Waals surface area contributed by atoms with Gasteiger partial charge in [-0.1, -0.05) is 36.4 Å². The lowest BCUT2D eigenvalue weighted by atomic mass is 10.0. The summed E-state index contributed by atoms with van der Waals surface area (Å²) < 4.78 is 5.37. The molecular weight excluding hydrogens is 328 g/mol. The lowest BCUT2D eigenvalue weighted by Gasteiger charge is -2.32. The molecule has 2 aromatic rings. The first kappa shape index (κ1) is 16.4. The molecule has 1 aliphatic rings. The number of ether oxygens (including phenoxy) is 1. The van der Waals surface area contributed by atoms with Crippen molar-refractivity contribution < 1.29 is 9.53 Å². The van der Waals surface area contributed by atoms with E-state index in [9.17, 15) is 4.79 Å². The highest BCUT2D eigenvalue weighted by Gasteiger charge is 2.22. The molecule has 0 radical (unpaired) electrons. The molecule has 3 rings (SSSR count). The maximum absolute atomic E-state index is 11.4. The first-order valence-corrected chi connectivity index (χ1v) is 7.90. The topological polar surface area (TPSA) is 81.3 Å². The van der Waals surface area contributed by atoms with Crippen LogP contribution in [0.5, 0.6) is 0 Å². The Labute approximate surface area is 144 Å². The van der Waals surface area contributed by atoms with Crippen molar-refractivity contribution in [3.05, 3.63) is 48.9 Å². The van der Waals surface area contributed by atoms with E-state index in [2.05, 4.69) is 21.4 Å². The number of rotatable bonds is 4. The van der Waals surface area contributed by atoms with Gasteiger partial charge in [-0.3, -0.25) is 4.79 Å². The molecule has 2 heterocycles. The van der Waals surface area contributed by atoms with Crippen LogP contribution in [0.15, 0.2) is 43.4 Å². The summed E-state index contributed by atoms with van der Waals surface area (Å²) >= 11 is 6.09. The fourth-order valence-electron chi connectivity index (χ4n) is 2.60. The van der Waals surface area contributed by atoms with Crippen LogP contribution in [0.1, 0.15) is 5.56 Å². The van der Waals surface area contributed by atoms with Gasteiger partial charge in [-0.05, 0) is 11.6 Å². The zero-order chi connectivity index (χ0) is 17.1. The molecule has 0 bridgehead atoms. The Morgan fingerprint density at radius 3 is 3.04 bits per heavy atom. The van der Waals surface area contributed by atoms with E-state index in [1.54, 1.807) is 12.3 Å². The molecule has 24 heavy (non-hydrogen) atoms. The van der Waals surface area contributed by atoms with Crippen LogP contribution in [-0.2, 0) is 9.53 Å². The fraction of sp³-hybridized carbons (Fsp3) is 0.235. The zero-order valence-electron chi connectivity index (χ0n) is 13.0. The van der Waals surface area contributed by atoms with Crippen LogP contribution in [0.25, 0.3) is 16.8 Å². The Hall–Kier alpha value is -2.44. The summed E-state index contributed by atoms with van der Waals surface area (Å²) in [5, 5.41) is 0. The molecule has 0 saturated carbocycles. The van der Waals surface area contributed by atoms with E-state index < -0.39 is 5.91 Å². The Kier molecular flexibility index (Phi) is 4.78. The summed E-state index contributed by atoms with van der Waals surface area (Å²) in [6, 6.07) is 7.40. The standard InChI is InChI=1S/C17H17ClN4O2/c1-11(17(19)23)12-3-2-4-13(7-12)16-14(8-20-10-21-16)22-5-6-24-15(18)9-22/h2-4,7-8,10,15H,1,5-6,9H2,(H2,19,23). The van der Waals surface area contributed by atoms with Crippen molar-refractivity contribution in [2.45, 2.75) is 5.56 Å². The molecular formula is C17H17ClN4O2. The van der Waals surface area contributed by atoms with Crippen molar-refractivity contribution in [1.29, 1.82) is 0 Å². The largest absolute Gasteiger partial charge is 0.366 e. The summed E-state index contributed by atoms with van der Waals surface area (Å²) in [5.74, 6) is -0.548. The average Bonchev–Trinajstić information content (AvgIpc) is 2.61. The molecule has 7 heteroatoms. The third kappa shape index (κ3) is 3.39. The van der Waals surface area contributed by atoms with Gasteiger partial charge in [-0.25, -0.2) is 9.97 Å². The summed E-state index contributed by atoms with van der Waals surface area (Å²) in [7, 11) is 0. The lowest BCUT2D eigenvalue weighted by Crippen LogP contribution is -2.40. The van der Waals surface area contributed by atoms with Gasteiger partial charge in [-0.2, -0.15) is 0 Å². The number of hydrogen-bond acceptors (Lipinski definition) is 5. The minimum Gasteiger partial charge on any atom is -0.366 e. The SMILES string of the molecule is C=C(C(N)=O)c1cccc(-c2ncncc2N2CCOC(Cl)C2)c1. The average molecular weight is 345 g/mol. The summed E-state index contributed by atoms with van der Waals surface area (Å²) in [6.45, 7) is 5.53. The second kappa shape index (κ2) is 6.98. The number of amides is 1. The van der Waals surface area contributed by atoms with Crippen LogP contribution in [0.4, 0.5) is 5.69 Å². The molecule has 0 spiro atoms. The third-order valence-electron chi connectivity index (χ3n) is 3.84. The number of halogens is 1. The van der Waals surface area contributed by atoms with E-state index in [0.717, 1.165) is 16.9 Å². The summed E-state index contributed by atoms with van der Waals surface area (Å²) in [4.78, 5) is 22.0. The molecule has 1 fully saturated rings. The maximum Gasteiger partial charge on any atom is 0.248 e. The van der Waals surface area contributed by atoms with E-state index in [1.807, 2.05) is 18.2 Å². The number of nitrogens with two attached hydrogens (primary N) is 1. The maximum atomic E-state index is 11.4. The van der Waals surface area contributed by atoms with Gasteiger partial charge in [0.15, 0.2) is 0 Å². The number of morpholine rings is 1. The second-order valence-electron chi connectivity index (χ2n) is 5.41. The highest BCUT2D eigenvalue weighted by Crippen LogP contribution is 2.31. The van der Waals surface area contributed by atoms with Crippen LogP contribution in [0.3, 0.4) is 0 Å². The van der Waals surface area contributed by atoms with E-state index in [-0.39, 0.29) is 11.1 Å². The van der Waals surface area contributed by atoms with E-state index >= 15 is 0 Å². The van der Waals surface area contributed by atoms with Crippen LogP contribution in [0.2, 0.25) is 0 Å². The number of nitrogens with zero attached hydrogens (tertiary/aromatic N) is 3. The van der Waals surface area contributed by atoms with Crippen molar-refractivity contribution in [1.82, 2.24) is 9.97 Å². The predicted octanol–water partition coefficient (Wildman–Crippen LogP) is 2.04. The van der Waals surface area contributed by atoms with Crippen molar-refractivity contribution in [3.63, 3.8) is 0 Å². The first-order valence-electron chi connectivity index (χ1n) is 7.46. The Bertz CT molecular complexity index is 781. The molecule has 1 amide bonds. The van der Waals surface area contributed by atoms with Gasteiger partial charge in [0.25, 0.3) is 0 Å². The molecule has 2 N–H and O–H groups in total. The number of carbonyl (C=O) groups is 1. The van der Waals surface area contributed by atoms with Gasteiger partial charge in [0.05, 0.1) is 30.7 Å². The molecule has 1 unspecified atom stereocenters. The van der Waals surface area contributed by atoms with E-state index in [4.69, 9.17) is 22.1 Å². The molecule has 124 valence electrons. The van der Waals surface area contributed by atoms with Gasteiger partial charge in [0.2, 0.25) is 5.91 Å². The number of primary amides is 1. The molecule has 1 aromatic heterocycles. The number of aromatic nitrogens is 2. The van der Waals surface area contributed by atoms with Crippen molar-refractivity contribution in [2.75, 3.05) is 24.6 Å². The van der Waals surface area contributed by atoms with Gasteiger partial charge in [-0.15, -0.1) is 0 Å². The smallest absolute Gasteiger partial charge is 0.248 e. The minimum absolute atomic E-state index is 0.264. The van der Waals surface area contributed by atoms with Crippen LogP contribution in [0, 0.1) is 0 Å². The van der Waals surface area contributed by atoms with Gasteiger partial charge in [0, 0.05) is 17.7 Å². The highest BCUT2D eigenvalue weighted by molar-refractivity contribution is 6.20. The number of anilines is 1. The van der Waals surface area contributed by atoms with Gasteiger partial charge < -0.3 is 15.4 Å². The number of alkyl halides is 1. The van der Waals surface area contributed by atoms with E-state index in [1.165, 1.54) is 6.33 Å². The fourth-order valence-corrected chi connectivity index (χ4v) is 2.86. The number of benzene rings is 1. The monoisotopic (exact) mass is 344 g/mol. The van der Waals surface area contributed by atoms with Gasteiger partial charge >= 0.3 is 0 Å². The molecule has 6 nitrogen and oxygen atoms in total. The highest BCUT2D eigenvalue weighted by atomic mass is 35.5. The van der Waals surface area contributed by atoms with Crippen LogP contribution in [-0.4, -0.2) is 41.1 Å². The summed E-state index contributed by atoms with van der Waals surface area (Å²) in [6.07, 6.45) is 3.25. The molecule has 1 aliphatic heterocycles. The molecule has 1 aromatic carbocycles. The lowest BCUT2D eigenvalue weighted by molar-refractivity contribution is -0.112. The molecule has 0 aliphatic carbocycles. The minimum atomic E-state index is -0.548. The zero-order valence-corrected chi connectivity index (χ0v) is 13.7. The number of hydrogen-bond donors (Lipinski definition) is 1. The van der Waals surface area contributed by atoms with Crippen LogP contribution >= 0.6 is 11.6 Å². The van der Waals surface area contributed by atoms with E-state index in [0.29, 0.717) is 25.3 Å². The predicted molar refractivity (Wildman–Crippen MR) is 93.5 cm³/mol. The first-order chi connectivity index (χ1) is 11.6. The molecule has 1 atom stereocenters. The number of carbonyl (C=O) groups excluding carboxylic acids is 1. The van der Waals surface area contributed by atoms with Crippen LogP contribution < -0.4 is 10.6 Å². The summed E-state index contributed by atoms with van der Waals surface area (Å²) in [5.41, 5.74) is 8.36. The Morgan fingerprint density at radius 1 is 1.46 bits per heavy atom. The Balaban J connectivity index is 2.00. The van der Waals surface area contributed by atoms with Crippen molar-refractivity contribution >= 4 is 28.8 Å². The van der Waals surface area contributed by atoms with Gasteiger partial charge in [0.1, 0.15) is 11.9 Å². The molecule has 1 saturated heterocycles. The second-order valence-corrected chi connectivity index (χ2v) is 5.89.